The fourth-order valence-electron chi connectivity index (χ4n) is 1.50. The van der Waals surface area contributed by atoms with Gasteiger partial charge in [-0.3, -0.25) is 10.1 Å². The molecule has 17 heavy (non-hydrogen) atoms. The Balaban J connectivity index is 2.81. The van der Waals surface area contributed by atoms with E-state index in [2.05, 4.69) is 0 Å². The second-order valence-electron chi connectivity index (χ2n) is 4.06. The summed E-state index contributed by atoms with van der Waals surface area (Å²) in [5.41, 5.74) is 6.84. The Bertz CT molecular complexity index is 407. The van der Waals surface area contributed by atoms with Crippen LogP contribution in [0.3, 0.4) is 0 Å². The van der Waals surface area contributed by atoms with Gasteiger partial charge in [0.25, 0.3) is 5.69 Å². The SMILES string of the molecule is CC(O)CCN(C)c1ccc([N+](=O)[O-])cc1N. The number of aliphatic hydroxyl groups is 1. The number of nitrogens with zero attached hydrogens (tertiary/aromatic N) is 2. The predicted molar refractivity (Wildman–Crippen MR) is 67.1 cm³/mol. The molecule has 0 aromatic heterocycles. The maximum atomic E-state index is 10.6. The Morgan fingerprint density at radius 2 is 2.24 bits per heavy atom. The number of hydrogen-bond donors (Lipinski definition) is 2. The molecule has 0 aliphatic heterocycles. The number of nitro benzene ring substituents is 1. The molecule has 0 saturated carbocycles. The van der Waals surface area contributed by atoms with E-state index >= 15 is 0 Å². The van der Waals surface area contributed by atoms with E-state index in [1.807, 2.05) is 11.9 Å². The number of non-ortho nitro benzene ring substituents is 1. The Labute approximate surface area is 99.8 Å². The van der Waals surface area contributed by atoms with Gasteiger partial charge in [0.05, 0.1) is 22.4 Å². The van der Waals surface area contributed by atoms with Gasteiger partial charge in [-0.1, -0.05) is 0 Å². The van der Waals surface area contributed by atoms with Gasteiger partial charge >= 0.3 is 0 Å². The largest absolute Gasteiger partial charge is 0.397 e. The first-order valence-corrected chi connectivity index (χ1v) is 5.35. The minimum absolute atomic E-state index is 0.0184. The van der Waals surface area contributed by atoms with Crippen LogP contribution in [0.25, 0.3) is 0 Å². The molecule has 94 valence electrons. The van der Waals surface area contributed by atoms with Gasteiger partial charge in [-0.25, -0.2) is 0 Å². The third-order valence-electron chi connectivity index (χ3n) is 2.52. The Hall–Kier alpha value is -1.82. The highest BCUT2D eigenvalue weighted by Crippen LogP contribution is 2.26. The summed E-state index contributed by atoms with van der Waals surface area (Å²) in [6.45, 7) is 2.35. The molecule has 1 atom stereocenters. The molecule has 0 fully saturated rings. The third kappa shape index (κ3) is 3.60. The van der Waals surface area contributed by atoms with Crippen molar-refractivity contribution in [1.82, 2.24) is 0 Å². The summed E-state index contributed by atoms with van der Waals surface area (Å²) in [5, 5.41) is 19.7. The van der Waals surface area contributed by atoms with Crippen LogP contribution in [0.2, 0.25) is 0 Å². The summed E-state index contributed by atoms with van der Waals surface area (Å²) >= 11 is 0. The summed E-state index contributed by atoms with van der Waals surface area (Å²) in [5.74, 6) is 0. The number of nitrogen functional groups attached to an aromatic ring is 1. The normalized spacial score (nSPS) is 12.2. The molecule has 1 rings (SSSR count). The van der Waals surface area contributed by atoms with Crippen LogP contribution in [-0.4, -0.2) is 29.7 Å². The fourth-order valence-corrected chi connectivity index (χ4v) is 1.50. The third-order valence-corrected chi connectivity index (χ3v) is 2.52. The maximum Gasteiger partial charge on any atom is 0.271 e. The molecule has 0 heterocycles. The van der Waals surface area contributed by atoms with Crippen molar-refractivity contribution >= 4 is 17.1 Å². The van der Waals surface area contributed by atoms with Gasteiger partial charge in [0.2, 0.25) is 0 Å². The molecule has 0 aliphatic rings. The van der Waals surface area contributed by atoms with E-state index < -0.39 is 4.92 Å². The van der Waals surface area contributed by atoms with Gasteiger partial charge < -0.3 is 15.7 Å². The Morgan fingerprint density at radius 3 is 2.71 bits per heavy atom. The van der Waals surface area contributed by atoms with E-state index in [4.69, 9.17) is 5.73 Å². The lowest BCUT2D eigenvalue weighted by molar-refractivity contribution is -0.384. The van der Waals surface area contributed by atoms with E-state index in [1.54, 1.807) is 13.0 Å². The summed E-state index contributed by atoms with van der Waals surface area (Å²) < 4.78 is 0. The first kappa shape index (κ1) is 13.2. The lowest BCUT2D eigenvalue weighted by Gasteiger charge is -2.21. The van der Waals surface area contributed by atoms with Crippen molar-refractivity contribution in [2.75, 3.05) is 24.2 Å². The number of aliphatic hydroxyl groups excluding tert-OH is 1. The summed E-state index contributed by atoms with van der Waals surface area (Å²) in [6.07, 6.45) is 0.240. The van der Waals surface area contributed by atoms with Gasteiger partial charge in [0.15, 0.2) is 0 Å². The topological polar surface area (TPSA) is 92.6 Å². The zero-order valence-electron chi connectivity index (χ0n) is 9.96. The van der Waals surface area contributed by atoms with E-state index in [-0.39, 0.29) is 11.8 Å². The first-order chi connectivity index (χ1) is 7.91. The highest BCUT2D eigenvalue weighted by atomic mass is 16.6. The lowest BCUT2D eigenvalue weighted by Crippen LogP contribution is -2.22. The smallest absolute Gasteiger partial charge is 0.271 e. The van der Waals surface area contributed by atoms with Crippen LogP contribution < -0.4 is 10.6 Å². The van der Waals surface area contributed by atoms with Gasteiger partial charge in [-0.15, -0.1) is 0 Å². The monoisotopic (exact) mass is 239 g/mol. The van der Waals surface area contributed by atoms with Crippen molar-refractivity contribution in [2.24, 2.45) is 0 Å². The summed E-state index contributed by atoms with van der Waals surface area (Å²) in [6, 6.07) is 4.38. The number of nitro groups is 1. The Morgan fingerprint density at radius 1 is 1.59 bits per heavy atom. The zero-order chi connectivity index (χ0) is 13.0. The number of hydrogen-bond acceptors (Lipinski definition) is 5. The molecule has 0 bridgehead atoms. The molecule has 0 aliphatic carbocycles. The van der Waals surface area contributed by atoms with Crippen LogP contribution in [0.1, 0.15) is 13.3 Å². The lowest BCUT2D eigenvalue weighted by atomic mass is 10.2. The molecule has 1 aromatic rings. The van der Waals surface area contributed by atoms with E-state index in [9.17, 15) is 15.2 Å². The molecule has 0 saturated heterocycles. The molecule has 3 N–H and O–H groups in total. The summed E-state index contributed by atoms with van der Waals surface area (Å²) in [7, 11) is 1.83. The second kappa shape index (κ2) is 5.49. The van der Waals surface area contributed by atoms with E-state index in [0.29, 0.717) is 18.7 Å². The molecule has 0 amide bonds. The molecular weight excluding hydrogens is 222 g/mol. The fraction of sp³-hybridized carbons (Fsp3) is 0.455. The molecule has 0 radical (unpaired) electrons. The second-order valence-corrected chi connectivity index (χ2v) is 4.06. The average Bonchev–Trinajstić information content (AvgIpc) is 2.25. The van der Waals surface area contributed by atoms with Gasteiger partial charge in [-0.05, 0) is 19.4 Å². The van der Waals surface area contributed by atoms with Crippen molar-refractivity contribution in [2.45, 2.75) is 19.4 Å². The van der Waals surface area contributed by atoms with Crippen LogP contribution in [0.5, 0.6) is 0 Å². The minimum atomic E-state index is -0.476. The minimum Gasteiger partial charge on any atom is -0.397 e. The number of benzene rings is 1. The van der Waals surface area contributed by atoms with Crippen molar-refractivity contribution < 1.29 is 10.0 Å². The number of nitrogens with two attached hydrogens (primary N) is 1. The molecule has 6 nitrogen and oxygen atoms in total. The molecule has 1 unspecified atom stereocenters. The quantitative estimate of drug-likeness (QED) is 0.460. The summed E-state index contributed by atoms with van der Waals surface area (Å²) in [4.78, 5) is 11.9. The number of rotatable bonds is 5. The van der Waals surface area contributed by atoms with Gasteiger partial charge in [0, 0.05) is 25.7 Å². The van der Waals surface area contributed by atoms with Crippen molar-refractivity contribution in [1.29, 1.82) is 0 Å². The highest BCUT2D eigenvalue weighted by molar-refractivity contribution is 5.70. The van der Waals surface area contributed by atoms with Crippen LogP contribution in [0.4, 0.5) is 17.1 Å². The van der Waals surface area contributed by atoms with Crippen molar-refractivity contribution in [3.8, 4) is 0 Å². The number of anilines is 2. The van der Waals surface area contributed by atoms with E-state index in [1.165, 1.54) is 12.1 Å². The van der Waals surface area contributed by atoms with E-state index in [0.717, 1.165) is 5.69 Å². The Kier molecular flexibility index (Phi) is 4.28. The van der Waals surface area contributed by atoms with Crippen molar-refractivity contribution in [3.05, 3.63) is 28.3 Å². The van der Waals surface area contributed by atoms with Gasteiger partial charge in [0.1, 0.15) is 0 Å². The van der Waals surface area contributed by atoms with Crippen LogP contribution in [-0.2, 0) is 0 Å². The van der Waals surface area contributed by atoms with Crippen LogP contribution in [0, 0.1) is 10.1 Å². The average molecular weight is 239 g/mol. The van der Waals surface area contributed by atoms with Crippen LogP contribution >= 0.6 is 0 Å². The highest BCUT2D eigenvalue weighted by Gasteiger charge is 2.11. The molecule has 1 aromatic carbocycles. The zero-order valence-corrected chi connectivity index (χ0v) is 9.96. The molecular formula is C11H17N3O3. The first-order valence-electron chi connectivity index (χ1n) is 5.35. The molecule has 0 spiro atoms. The maximum absolute atomic E-state index is 10.6. The predicted octanol–water partition coefficient (Wildman–Crippen LogP) is 1.38. The standard InChI is InChI=1S/C11H17N3O3/c1-8(15)5-6-13(2)11-4-3-9(14(16)17)7-10(11)12/h3-4,7-8,15H,5-6,12H2,1-2H3. The molecule has 6 heteroatoms. The van der Waals surface area contributed by atoms with Crippen molar-refractivity contribution in [3.63, 3.8) is 0 Å². The van der Waals surface area contributed by atoms with Gasteiger partial charge in [-0.2, -0.15) is 0 Å². The van der Waals surface area contributed by atoms with Crippen LogP contribution in [0.15, 0.2) is 18.2 Å².